The highest BCUT2D eigenvalue weighted by atomic mass is 32.2. The standard InChI is InChI=1S/C17H21NO2S/c1-4-20-16-11-13(9-10-15(16)19-2)12-18-14-7-5-6-8-17(14)21-3/h5-11,18H,4,12H2,1-3H3. The summed E-state index contributed by atoms with van der Waals surface area (Å²) in [4.78, 5) is 1.25. The Morgan fingerprint density at radius 2 is 1.90 bits per heavy atom. The maximum Gasteiger partial charge on any atom is 0.161 e. The van der Waals surface area contributed by atoms with Gasteiger partial charge in [-0.15, -0.1) is 11.8 Å². The highest BCUT2D eigenvalue weighted by molar-refractivity contribution is 7.98. The van der Waals surface area contributed by atoms with Gasteiger partial charge in [-0.25, -0.2) is 0 Å². The zero-order chi connectivity index (χ0) is 15.1. The van der Waals surface area contributed by atoms with E-state index >= 15 is 0 Å². The van der Waals surface area contributed by atoms with Crippen molar-refractivity contribution < 1.29 is 9.47 Å². The number of hydrogen-bond acceptors (Lipinski definition) is 4. The van der Waals surface area contributed by atoms with Gasteiger partial charge in [0.15, 0.2) is 11.5 Å². The molecule has 0 saturated heterocycles. The molecular formula is C17H21NO2S. The molecule has 4 heteroatoms. The third-order valence-electron chi connectivity index (χ3n) is 3.12. The van der Waals surface area contributed by atoms with Gasteiger partial charge in [0.1, 0.15) is 0 Å². The Balaban J connectivity index is 2.11. The second-order valence-electron chi connectivity index (χ2n) is 4.47. The van der Waals surface area contributed by atoms with Crippen molar-refractivity contribution in [3.05, 3.63) is 48.0 Å². The van der Waals surface area contributed by atoms with Crippen LogP contribution in [0.25, 0.3) is 0 Å². The van der Waals surface area contributed by atoms with E-state index in [1.165, 1.54) is 4.90 Å². The third-order valence-corrected chi connectivity index (χ3v) is 3.91. The summed E-state index contributed by atoms with van der Waals surface area (Å²) in [6.07, 6.45) is 2.08. The molecule has 21 heavy (non-hydrogen) atoms. The fraction of sp³-hybridized carbons (Fsp3) is 0.294. The fourth-order valence-corrected chi connectivity index (χ4v) is 2.66. The largest absolute Gasteiger partial charge is 0.493 e. The molecular weight excluding hydrogens is 282 g/mol. The smallest absolute Gasteiger partial charge is 0.161 e. The Morgan fingerprint density at radius 3 is 2.62 bits per heavy atom. The number of nitrogens with one attached hydrogen (secondary N) is 1. The molecule has 0 amide bonds. The van der Waals surface area contributed by atoms with Crippen molar-refractivity contribution in [2.75, 3.05) is 25.3 Å². The molecule has 0 aromatic heterocycles. The summed E-state index contributed by atoms with van der Waals surface area (Å²) in [6.45, 7) is 3.35. The molecule has 0 fully saturated rings. The quantitative estimate of drug-likeness (QED) is 0.767. The van der Waals surface area contributed by atoms with Crippen LogP contribution in [-0.2, 0) is 6.54 Å². The average Bonchev–Trinajstić information content (AvgIpc) is 2.53. The second kappa shape index (κ2) is 7.84. The highest BCUT2D eigenvalue weighted by Crippen LogP contribution is 2.29. The van der Waals surface area contributed by atoms with Crippen molar-refractivity contribution in [1.29, 1.82) is 0 Å². The Morgan fingerprint density at radius 1 is 1.10 bits per heavy atom. The molecule has 0 atom stereocenters. The molecule has 0 unspecified atom stereocenters. The summed E-state index contributed by atoms with van der Waals surface area (Å²) in [5.41, 5.74) is 2.31. The summed E-state index contributed by atoms with van der Waals surface area (Å²) < 4.78 is 10.9. The van der Waals surface area contributed by atoms with Crippen LogP contribution < -0.4 is 14.8 Å². The number of rotatable bonds is 7. The molecule has 0 spiro atoms. The zero-order valence-electron chi connectivity index (χ0n) is 12.7. The number of hydrogen-bond donors (Lipinski definition) is 1. The minimum Gasteiger partial charge on any atom is -0.493 e. The van der Waals surface area contributed by atoms with Crippen LogP contribution in [0.15, 0.2) is 47.4 Å². The van der Waals surface area contributed by atoms with E-state index in [0.717, 1.165) is 29.3 Å². The lowest BCUT2D eigenvalue weighted by Crippen LogP contribution is -2.02. The van der Waals surface area contributed by atoms with Crippen molar-refractivity contribution in [2.45, 2.75) is 18.4 Å². The number of thioether (sulfide) groups is 1. The number of methoxy groups -OCH3 is 1. The predicted molar refractivity (Wildman–Crippen MR) is 89.7 cm³/mol. The van der Waals surface area contributed by atoms with E-state index in [9.17, 15) is 0 Å². The van der Waals surface area contributed by atoms with Gasteiger partial charge in [-0.05, 0) is 43.0 Å². The average molecular weight is 303 g/mol. The maximum atomic E-state index is 5.61. The Labute approximate surface area is 130 Å². The molecule has 0 aliphatic carbocycles. The van der Waals surface area contributed by atoms with Gasteiger partial charge in [0.05, 0.1) is 13.7 Å². The van der Waals surface area contributed by atoms with Crippen LogP contribution in [0.3, 0.4) is 0 Å². The van der Waals surface area contributed by atoms with Crippen LogP contribution in [0, 0.1) is 0 Å². The number of ether oxygens (including phenoxy) is 2. The van der Waals surface area contributed by atoms with Crippen LogP contribution >= 0.6 is 11.8 Å². The minimum atomic E-state index is 0.628. The maximum absolute atomic E-state index is 5.61. The Kier molecular flexibility index (Phi) is 5.81. The first-order chi connectivity index (χ1) is 10.3. The fourth-order valence-electron chi connectivity index (χ4n) is 2.09. The lowest BCUT2D eigenvalue weighted by Gasteiger charge is -2.13. The first-order valence-electron chi connectivity index (χ1n) is 6.95. The molecule has 3 nitrogen and oxygen atoms in total. The molecule has 112 valence electrons. The van der Waals surface area contributed by atoms with Gasteiger partial charge in [0.25, 0.3) is 0 Å². The lowest BCUT2D eigenvalue weighted by atomic mass is 10.2. The van der Waals surface area contributed by atoms with Crippen LogP contribution in [0.1, 0.15) is 12.5 Å². The van der Waals surface area contributed by atoms with Crippen molar-refractivity contribution in [3.63, 3.8) is 0 Å². The van der Waals surface area contributed by atoms with E-state index in [1.807, 2.05) is 25.1 Å². The first-order valence-corrected chi connectivity index (χ1v) is 8.17. The summed E-state index contributed by atoms with van der Waals surface area (Å²) in [5, 5.41) is 3.47. The summed E-state index contributed by atoms with van der Waals surface area (Å²) in [7, 11) is 1.66. The zero-order valence-corrected chi connectivity index (χ0v) is 13.5. The van der Waals surface area contributed by atoms with Gasteiger partial charge in [0.2, 0.25) is 0 Å². The van der Waals surface area contributed by atoms with Gasteiger partial charge < -0.3 is 14.8 Å². The molecule has 0 heterocycles. The molecule has 2 rings (SSSR count). The van der Waals surface area contributed by atoms with Crippen molar-refractivity contribution in [2.24, 2.45) is 0 Å². The van der Waals surface area contributed by atoms with Crippen molar-refractivity contribution in [3.8, 4) is 11.5 Å². The summed E-state index contributed by atoms with van der Waals surface area (Å²) >= 11 is 1.74. The summed E-state index contributed by atoms with van der Waals surface area (Å²) in [5.74, 6) is 1.56. The van der Waals surface area contributed by atoms with E-state index in [2.05, 4.69) is 35.8 Å². The Hall–Kier alpha value is -1.81. The van der Waals surface area contributed by atoms with Gasteiger partial charge in [-0.1, -0.05) is 18.2 Å². The second-order valence-corrected chi connectivity index (χ2v) is 5.32. The van der Waals surface area contributed by atoms with Gasteiger partial charge in [-0.2, -0.15) is 0 Å². The van der Waals surface area contributed by atoms with Crippen LogP contribution in [0.4, 0.5) is 5.69 Å². The number of benzene rings is 2. The summed E-state index contributed by atoms with van der Waals surface area (Å²) in [6, 6.07) is 14.3. The highest BCUT2D eigenvalue weighted by Gasteiger charge is 2.06. The molecule has 0 aliphatic heterocycles. The molecule has 0 saturated carbocycles. The monoisotopic (exact) mass is 303 g/mol. The van der Waals surface area contributed by atoms with Crippen LogP contribution in [0.5, 0.6) is 11.5 Å². The van der Waals surface area contributed by atoms with Gasteiger partial charge in [-0.3, -0.25) is 0 Å². The van der Waals surface area contributed by atoms with Crippen LogP contribution in [-0.4, -0.2) is 20.0 Å². The van der Waals surface area contributed by atoms with E-state index in [-0.39, 0.29) is 0 Å². The molecule has 0 bridgehead atoms. The predicted octanol–water partition coefficient (Wildman–Crippen LogP) is 4.43. The first kappa shape index (κ1) is 15.6. The SMILES string of the molecule is CCOc1cc(CNc2ccccc2SC)ccc1OC. The molecule has 2 aromatic rings. The minimum absolute atomic E-state index is 0.628. The van der Waals surface area contributed by atoms with Gasteiger partial charge in [0, 0.05) is 17.1 Å². The van der Waals surface area contributed by atoms with Crippen molar-refractivity contribution in [1.82, 2.24) is 0 Å². The third kappa shape index (κ3) is 4.08. The Bertz CT molecular complexity index is 587. The van der Waals surface area contributed by atoms with Gasteiger partial charge >= 0.3 is 0 Å². The van der Waals surface area contributed by atoms with E-state index in [1.54, 1.807) is 18.9 Å². The van der Waals surface area contributed by atoms with E-state index in [4.69, 9.17) is 9.47 Å². The lowest BCUT2D eigenvalue weighted by molar-refractivity contribution is 0.310. The topological polar surface area (TPSA) is 30.5 Å². The van der Waals surface area contributed by atoms with Crippen molar-refractivity contribution >= 4 is 17.4 Å². The van der Waals surface area contributed by atoms with E-state index in [0.29, 0.717) is 6.61 Å². The number of para-hydroxylation sites is 1. The molecule has 1 N–H and O–H groups in total. The normalized spacial score (nSPS) is 10.2. The van der Waals surface area contributed by atoms with Crippen LogP contribution in [0.2, 0.25) is 0 Å². The molecule has 0 aliphatic rings. The number of anilines is 1. The van der Waals surface area contributed by atoms with E-state index < -0.39 is 0 Å². The molecule has 0 radical (unpaired) electrons. The molecule has 2 aromatic carbocycles.